The number of oxime groups is 1. The monoisotopic (exact) mass is 116 g/mol. The molecule has 0 atom stereocenters. The lowest BCUT2D eigenvalue weighted by Crippen LogP contribution is -2.19. The van der Waals surface area contributed by atoms with Crippen molar-refractivity contribution in [2.75, 3.05) is 20.6 Å². The lowest BCUT2D eigenvalue weighted by molar-refractivity contribution is 0.314. The predicted octanol–water partition coefficient (Wildman–Crippen LogP) is 0.398. The molecule has 3 nitrogen and oxygen atoms in total. The first kappa shape index (κ1) is 7.43. The van der Waals surface area contributed by atoms with Crippen molar-refractivity contribution in [1.29, 1.82) is 0 Å². The highest BCUT2D eigenvalue weighted by atomic mass is 16.4. The fraction of sp³-hybridized carbons (Fsp3) is 0.800. The molecule has 0 radical (unpaired) electrons. The van der Waals surface area contributed by atoms with Gasteiger partial charge in [0.15, 0.2) is 0 Å². The normalized spacial score (nSPS) is 12.8. The van der Waals surface area contributed by atoms with E-state index >= 15 is 0 Å². The summed E-state index contributed by atoms with van der Waals surface area (Å²) in [6.45, 7) is 2.50. The first-order chi connectivity index (χ1) is 3.66. The number of hydrogen-bond donors (Lipinski definition) is 1. The van der Waals surface area contributed by atoms with E-state index < -0.39 is 0 Å². The molecule has 0 spiro atoms. The molecule has 0 aromatic rings. The Morgan fingerprint density at radius 2 is 2.12 bits per heavy atom. The molecule has 0 aromatic heterocycles. The summed E-state index contributed by atoms with van der Waals surface area (Å²) in [6, 6.07) is 0. The summed E-state index contributed by atoms with van der Waals surface area (Å²) in [5.74, 6) is 0. The molecule has 0 saturated carbocycles. The van der Waals surface area contributed by atoms with Crippen LogP contribution in [0, 0.1) is 0 Å². The molecule has 0 aliphatic rings. The summed E-state index contributed by atoms with van der Waals surface area (Å²) in [7, 11) is 3.85. The van der Waals surface area contributed by atoms with Crippen molar-refractivity contribution in [2.24, 2.45) is 5.16 Å². The van der Waals surface area contributed by atoms with Crippen LogP contribution in [-0.2, 0) is 0 Å². The van der Waals surface area contributed by atoms with Crippen molar-refractivity contribution in [2.45, 2.75) is 6.92 Å². The molecule has 8 heavy (non-hydrogen) atoms. The molecule has 3 heteroatoms. The smallest absolute Gasteiger partial charge is 0.0679 e. The lowest BCUT2D eigenvalue weighted by atomic mass is 10.4. The van der Waals surface area contributed by atoms with Gasteiger partial charge >= 0.3 is 0 Å². The van der Waals surface area contributed by atoms with Crippen molar-refractivity contribution in [1.82, 2.24) is 4.90 Å². The van der Waals surface area contributed by atoms with Crippen LogP contribution in [0.3, 0.4) is 0 Å². The van der Waals surface area contributed by atoms with E-state index in [0.29, 0.717) is 0 Å². The van der Waals surface area contributed by atoms with Crippen molar-refractivity contribution in [3.63, 3.8) is 0 Å². The van der Waals surface area contributed by atoms with E-state index in [1.807, 2.05) is 19.0 Å². The van der Waals surface area contributed by atoms with E-state index in [0.717, 1.165) is 12.3 Å². The van der Waals surface area contributed by atoms with Gasteiger partial charge in [-0.15, -0.1) is 0 Å². The van der Waals surface area contributed by atoms with Gasteiger partial charge in [0.1, 0.15) is 0 Å². The molecule has 0 bridgehead atoms. The molecule has 48 valence electrons. The van der Waals surface area contributed by atoms with Crippen LogP contribution in [0.5, 0.6) is 0 Å². The Morgan fingerprint density at radius 3 is 2.25 bits per heavy atom. The van der Waals surface area contributed by atoms with Gasteiger partial charge in [-0.1, -0.05) is 5.16 Å². The maximum Gasteiger partial charge on any atom is 0.0679 e. The summed E-state index contributed by atoms with van der Waals surface area (Å²) in [6.07, 6.45) is 0. The summed E-state index contributed by atoms with van der Waals surface area (Å²) in [5.41, 5.74) is 0.731. The minimum Gasteiger partial charge on any atom is -0.411 e. The van der Waals surface area contributed by atoms with Gasteiger partial charge in [-0.2, -0.15) is 0 Å². The highest BCUT2D eigenvalue weighted by Gasteiger charge is 1.91. The van der Waals surface area contributed by atoms with E-state index in [-0.39, 0.29) is 0 Å². The second kappa shape index (κ2) is 3.43. The number of rotatable bonds is 2. The Labute approximate surface area is 49.6 Å². The fourth-order valence-electron chi connectivity index (χ4n) is 0.489. The Balaban J connectivity index is 3.39. The minimum absolute atomic E-state index is 0.719. The Hall–Kier alpha value is -0.570. The fourth-order valence-corrected chi connectivity index (χ4v) is 0.489. The van der Waals surface area contributed by atoms with E-state index in [4.69, 9.17) is 5.21 Å². The zero-order valence-electron chi connectivity index (χ0n) is 5.55. The zero-order valence-corrected chi connectivity index (χ0v) is 5.55. The summed E-state index contributed by atoms with van der Waals surface area (Å²) in [5, 5.41) is 11.1. The maximum absolute atomic E-state index is 8.14. The predicted molar refractivity (Wildman–Crippen MR) is 33.4 cm³/mol. The van der Waals surface area contributed by atoms with Crippen LogP contribution >= 0.6 is 0 Å². The quantitative estimate of drug-likeness (QED) is 0.322. The van der Waals surface area contributed by atoms with Crippen LogP contribution in [0.1, 0.15) is 6.92 Å². The van der Waals surface area contributed by atoms with Gasteiger partial charge in [0.2, 0.25) is 0 Å². The Kier molecular flexibility index (Phi) is 3.19. The molecule has 0 unspecified atom stereocenters. The van der Waals surface area contributed by atoms with Gasteiger partial charge in [-0.3, -0.25) is 0 Å². The topological polar surface area (TPSA) is 35.8 Å². The molecule has 0 amide bonds. The maximum atomic E-state index is 8.14. The van der Waals surface area contributed by atoms with Crippen LogP contribution in [0.4, 0.5) is 0 Å². The van der Waals surface area contributed by atoms with E-state index in [9.17, 15) is 0 Å². The average molecular weight is 116 g/mol. The zero-order chi connectivity index (χ0) is 6.57. The van der Waals surface area contributed by atoms with E-state index in [2.05, 4.69) is 5.16 Å². The van der Waals surface area contributed by atoms with Gasteiger partial charge in [0.25, 0.3) is 0 Å². The molecule has 0 aliphatic carbocycles. The Morgan fingerprint density at radius 1 is 1.62 bits per heavy atom. The van der Waals surface area contributed by atoms with E-state index in [1.54, 1.807) is 6.92 Å². The standard InChI is InChI=1S/C5H12N2O/c1-5(6-8)4-7(2)3/h8H,4H2,1-3H3. The SMILES string of the molecule is CC(CN(C)C)=NO. The molecular weight excluding hydrogens is 104 g/mol. The van der Waals surface area contributed by atoms with Crippen LogP contribution in [-0.4, -0.2) is 36.5 Å². The first-order valence-electron chi connectivity index (χ1n) is 2.49. The third-order valence-electron chi connectivity index (χ3n) is 0.716. The van der Waals surface area contributed by atoms with Crippen molar-refractivity contribution in [3.05, 3.63) is 0 Å². The second-order valence-electron chi connectivity index (χ2n) is 2.07. The molecule has 0 heterocycles. The highest BCUT2D eigenvalue weighted by molar-refractivity contribution is 5.83. The van der Waals surface area contributed by atoms with Crippen LogP contribution in [0.25, 0.3) is 0 Å². The summed E-state index contributed by atoms with van der Waals surface area (Å²) in [4.78, 5) is 1.94. The third kappa shape index (κ3) is 3.61. The van der Waals surface area contributed by atoms with Crippen LogP contribution in [0.15, 0.2) is 5.16 Å². The molecule has 0 rings (SSSR count). The highest BCUT2D eigenvalue weighted by Crippen LogP contribution is 1.77. The van der Waals surface area contributed by atoms with Gasteiger partial charge in [0, 0.05) is 6.54 Å². The first-order valence-corrected chi connectivity index (χ1v) is 2.49. The number of hydrogen-bond acceptors (Lipinski definition) is 3. The molecular formula is C5H12N2O. The summed E-state index contributed by atoms with van der Waals surface area (Å²) < 4.78 is 0. The van der Waals surface area contributed by atoms with Crippen LogP contribution in [0.2, 0.25) is 0 Å². The van der Waals surface area contributed by atoms with Gasteiger partial charge in [-0.25, -0.2) is 0 Å². The van der Waals surface area contributed by atoms with Crippen LogP contribution < -0.4 is 0 Å². The Bertz CT molecular complexity index is 88.4. The molecule has 0 aromatic carbocycles. The lowest BCUT2D eigenvalue weighted by Gasteiger charge is -2.05. The molecule has 0 fully saturated rings. The molecule has 0 saturated heterocycles. The van der Waals surface area contributed by atoms with Gasteiger partial charge in [0.05, 0.1) is 5.71 Å². The van der Waals surface area contributed by atoms with Crippen molar-refractivity contribution >= 4 is 5.71 Å². The third-order valence-corrected chi connectivity index (χ3v) is 0.716. The largest absolute Gasteiger partial charge is 0.411 e. The summed E-state index contributed by atoms with van der Waals surface area (Å²) >= 11 is 0. The number of nitrogens with zero attached hydrogens (tertiary/aromatic N) is 2. The van der Waals surface area contributed by atoms with Gasteiger partial charge in [-0.05, 0) is 21.0 Å². The van der Waals surface area contributed by atoms with Crippen molar-refractivity contribution < 1.29 is 5.21 Å². The van der Waals surface area contributed by atoms with E-state index in [1.165, 1.54) is 0 Å². The molecule has 1 N–H and O–H groups in total. The average Bonchev–Trinajstić information content (AvgIpc) is 1.65. The second-order valence-corrected chi connectivity index (χ2v) is 2.07. The molecule has 0 aliphatic heterocycles. The van der Waals surface area contributed by atoms with Crippen molar-refractivity contribution in [3.8, 4) is 0 Å². The minimum atomic E-state index is 0.719. The van der Waals surface area contributed by atoms with Gasteiger partial charge < -0.3 is 10.1 Å².